The minimum absolute atomic E-state index is 0.0259. The number of halogens is 1. The van der Waals surface area contributed by atoms with Gasteiger partial charge >= 0.3 is 0 Å². The van der Waals surface area contributed by atoms with E-state index in [0.29, 0.717) is 37.3 Å². The molecule has 1 aliphatic heterocycles. The molecule has 1 unspecified atom stereocenters. The van der Waals surface area contributed by atoms with E-state index < -0.39 is 6.04 Å². The largest absolute Gasteiger partial charge is 0.467 e. The monoisotopic (exact) mass is 461 g/mol. The number of hydrogen-bond donors (Lipinski definition) is 2. The quantitative estimate of drug-likeness (QED) is 0.691. The fourth-order valence-electron chi connectivity index (χ4n) is 3.26. The van der Waals surface area contributed by atoms with Crippen molar-refractivity contribution in [1.82, 2.24) is 15.5 Å². The first-order valence-electron chi connectivity index (χ1n) is 9.59. The van der Waals surface area contributed by atoms with Crippen molar-refractivity contribution < 1.29 is 18.8 Å². The van der Waals surface area contributed by atoms with Crippen molar-refractivity contribution in [3.05, 3.63) is 58.5 Å². The molecule has 2 heterocycles. The van der Waals surface area contributed by atoms with E-state index in [2.05, 4.69) is 26.6 Å². The Hall–Kier alpha value is -2.61. The van der Waals surface area contributed by atoms with E-state index in [1.54, 1.807) is 42.4 Å². The van der Waals surface area contributed by atoms with Crippen LogP contribution in [0.25, 0.3) is 0 Å². The van der Waals surface area contributed by atoms with Crippen molar-refractivity contribution in [2.75, 3.05) is 13.1 Å². The zero-order valence-corrected chi connectivity index (χ0v) is 17.8. The predicted octanol–water partition coefficient (Wildman–Crippen LogP) is 2.72. The van der Waals surface area contributed by atoms with E-state index in [-0.39, 0.29) is 30.2 Å². The number of piperidine rings is 1. The molecule has 3 rings (SSSR count). The van der Waals surface area contributed by atoms with Crippen LogP contribution >= 0.6 is 15.9 Å². The van der Waals surface area contributed by atoms with E-state index in [0.717, 1.165) is 4.47 Å². The Bertz CT molecular complexity index is 843. The molecule has 1 saturated heterocycles. The van der Waals surface area contributed by atoms with Gasteiger partial charge in [0.1, 0.15) is 11.8 Å². The summed E-state index contributed by atoms with van der Waals surface area (Å²) < 4.78 is 6.09. The van der Waals surface area contributed by atoms with E-state index in [1.807, 2.05) is 12.1 Å². The maximum atomic E-state index is 12.6. The maximum Gasteiger partial charge on any atom is 0.253 e. The Labute approximate surface area is 178 Å². The molecular formula is C21H24BrN3O4. The highest BCUT2D eigenvalue weighted by Crippen LogP contribution is 2.20. The number of furan rings is 1. The van der Waals surface area contributed by atoms with Gasteiger partial charge in [0.05, 0.1) is 12.8 Å². The van der Waals surface area contributed by atoms with Gasteiger partial charge in [0.2, 0.25) is 11.8 Å². The van der Waals surface area contributed by atoms with Crippen LogP contribution < -0.4 is 10.6 Å². The first-order valence-corrected chi connectivity index (χ1v) is 10.4. The van der Waals surface area contributed by atoms with Gasteiger partial charge in [0, 0.05) is 29.0 Å². The van der Waals surface area contributed by atoms with Crippen LogP contribution in [0.2, 0.25) is 0 Å². The van der Waals surface area contributed by atoms with Gasteiger partial charge in [-0.15, -0.1) is 0 Å². The van der Waals surface area contributed by atoms with Gasteiger partial charge in [0.15, 0.2) is 0 Å². The number of likely N-dealkylation sites (tertiary alicyclic amines) is 1. The number of hydrogen-bond acceptors (Lipinski definition) is 4. The molecule has 3 amide bonds. The summed E-state index contributed by atoms with van der Waals surface area (Å²) in [6, 6.07) is 10.1. The molecule has 0 aliphatic carbocycles. The predicted molar refractivity (Wildman–Crippen MR) is 111 cm³/mol. The molecule has 8 heteroatoms. The molecule has 0 radical (unpaired) electrons. The molecule has 1 aromatic carbocycles. The molecule has 29 heavy (non-hydrogen) atoms. The Kier molecular flexibility index (Phi) is 7.09. The Morgan fingerprint density at radius 2 is 1.86 bits per heavy atom. The normalized spacial score (nSPS) is 15.6. The maximum absolute atomic E-state index is 12.6. The summed E-state index contributed by atoms with van der Waals surface area (Å²) in [4.78, 5) is 39.0. The third-order valence-electron chi connectivity index (χ3n) is 5.01. The number of carbonyl (C=O) groups excluding carboxylic acids is 3. The van der Waals surface area contributed by atoms with Crippen molar-refractivity contribution in [2.45, 2.75) is 32.4 Å². The fraction of sp³-hybridized carbons (Fsp3) is 0.381. The number of nitrogens with one attached hydrogen (secondary N) is 2. The second-order valence-electron chi connectivity index (χ2n) is 7.10. The van der Waals surface area contributed by atoms with Crippen LogP contribution in [-0.2, 0) is 16.1 Å². The van der Waals surface area contributed by atoms with E-state index >= 15 is 0 Å². The first kappa shape index (κ1) is 21.1. The van der Waals surface area contributed by atoms with E-state index in [9.17, 15) is 14.4 Å². The van der Waals surface area contributed by atoms with Gasteiger partial charge in [-0.2, -0.15) is 0 Å². The first-order chi connectivity index (χ1) is 13.9. The van der Waals surface area contributed by atoms with Crippen molar-refractivity contribution in [3.63, 3.8) is 0 Å². The van der Waals surface area contributed by atoms with Crippen molar-refractivity contribution in [1.29, 1.82) is 0 Å². The lowest BCUT2D eigenvalue weighted by Crippen LogP contribution is -2.49. The second-order valence-corrected chi connectivity index (χ2v) is 8.02. The van der Waals surface area contributed by atoms with Crippen LogP contribution in [0.1, 0.15) is 35.9 Å². The highest BCUT2D eigenvalue weighted by Gasteiger charge is 2.29. The summed E-state index contributed by atoms with van der Waals surface area (Å²) in [6.45, 7) is 2.97. The fourth-order valence-corrected chi connectivity index (χ4v) is 3.52. The van der Waals surface area contributed by atoms with Crippen LogP contribution in [0.3, 0.4) is 0 Å². The molecule has 2 N–H and O–H groups in total. The summed E-state index contributed by atoms with van der Waals surface area (Å²) in [5.74, 6) is 0.00463. The minimum atomic E-state index is -0.639. The average molecular weight is 462 g/mol. The zero-order valence-electron chi connectivity index (χ0n) is 16.2. The van der Waals surface area contributed by atoms with Gasteiger partial charge in [-0.05, 0) is 56.2 Å². The Morgan fingerprint density at radius 1 is 1.17 bits per heavy atom. The molecule has 154 valence electrons. The SMILES string of the molecule is CC(NC(=O)C1CCN(C(=O)c2ccc(Br)cc2)CC1)C(=O)NCc1ccco1. The van der Waals surface area contributed by atoms with Crippen LogP contribution in [0.4, 0.5) is 0 Å². The lowest BCUT2D eigenvalue weighted by atomic mass is 9.95. The molecule has 2 aromatic rings. The summed E-state index contributed by atoms with van der Waals surface area (Å²) in [7, 11) is 0. The smallest absolute Gasteiger partial charge is 0.253 e. The molecule has 0 bridgehead atoms. The Morgan fingerprint density at radius 3 is 2.48 bits per heavy atom. The summed E-state index contributed by atoms with van der Waals surface area (Å²) in [5.41, 5.74) is 0.637. The minimum Gasteiger partial charge on any atom is -0.467 e. The standard InChI is InChI=1S/C21H24BrN3O4/c1-14(19(26)23-13-18-3-2-12-29-18)24-20(27)15-8-10-25(11-9-15)21(28)16-4-6-17(22)7-5-16/h2-7,12,14-15H,8-11,13H2,1H3,(H,23,26)(H,24,27). The van der Waals surface area contributed by atoms with Crippen LogP contribution in [0, 0.1) is 5.92 Å². The summed E-state index contributed by atoms with van der Waals surface area (Å²) in [6.07, 6.45) is 2.70. The van der Waals surface area contributed by atoms with Crippen LogP contribution in [-0.4, -0.2) is 41.8 Å². The topological polar surface area (TPSA) is 91.7 Å². The lowest BCUT2D eigenvalue weighted by molar-refractivity contribution is -0.131. The average Bonchev–Trinajstić information content (AvgIpc) is 3.25. The number of nitrogens with zero attached hydrogens (tertiary/aromatic N) is 1. The van der Waals surface area contributed by atoms with Crippen molar-refractivity contribution in [2.24, 2.45) is 5.92 Å². The third kappa shape index (κ3) is 5.69. The lowest BCUT2D eigenvalue weighted by Gasteiger charge is -2.32. The molecule has 1 aromatic heterocycles. The highest BCUT2D eigenvalue weighted by atomic mass is 79.9. The van der Waals surface area contributed by atoms with Gasteiger partial charge in [-0.1, -0.05) is 15.9 Å². The molecule has 1 aliphatic rings. The Balaban J connectivity index is 1.43. The van der Waals surface area contributed by atoms with Gasteiger partial charge in [0.25, 0.3) is 5.91 Å². The van der Waals surface area contributed by atoms with Gasteiger partial charge in [-0.3, -0.25) is 14.4 Å². The number of amides is 3. The molecule has 1 atom stereocenters. The molecule has 7 nitrogen and oxygen atoms in total. The summed E-state index contributed by atoms with van der Waals surface area (Å²) in [5, 5.41) is 5.50. The van der Waals surface area contributed by atoms with Crippen LogP contribution in [0.15, 0.2) is 51.6 Å². The number of benzene rings is 1. The second kappa shape index (κ2) is 9.73. The summed E-state index contributed by atoms with van der Waals surface area (Å²) >= 11 is 3.36. The van der Waals surface area contributed by atoms with Crippen molar-refractivity contribution >= 4 is 33.7 Å². The van der Waals surface area contributed by atoms with E-state index in [1.165, 1.54) is 0 Å². The molecule has 1 fully saturated rings. The molecule has 0 saturated carbocycles. The highest BCUT2D eigenvalue weighted by molar-refractivity contribution is 9.10. The third-order valence-corrected chi connectivity index (χ3v) is 5.54. The van der Waals surface area contributed by atoms with Crippen molar-refractivity contribution in [3.8, 4) is 0 Å². The molecular weight excluding hydrogens is 438 g/mol. The number of rotatable bonds is 6. The van der Waals surface area contributed by atoms with E-state index in [4.69, 9.17) is 4.42 Å². The zero-order chi connectivity index (χ0) is 20.8. The van der Waals surface area contributed by atoms with Gasteiger partial charge < -0.3 is 20.0 Å². The van der Waals surface area contributed by atoms with Crippen LogP contribution in [0.5, 0.6) is 0 Å². The van der Waals surface area contributed by atoms with Gasteiger partial charge in [-0.25, -0.2) is 0 Å². The number of carbonyl (C=O) groups is 3. The molecule has 0 spiro atoms.